The van der Waals surface area contributed by atoms with Crippen molar-refractivity contribution in [2.75, 3.05) is 11.9 Å². The lowest BCUT2D eigenvalue weighted by atomic mass is 9.97. The summed E-state index contributed by atoms with van der Waals surface area (Å²) in [5.74, 6) is -6.61. The third-order valence-electron chi connectivity index (χ3n) is 2.89. The number of carbonyl (C=O) groups excluding carboxylic acids is 2. The van der Waals surface area contributed by atoms with Gasteiger partial charge in [0, 0.05) is 6.54 Å². The van der Waals surface area contributed by atoms with E-state index in [4.69, 9.17) is 0 Å². The number of amides is 2. The first kappa shape index (κ1) is 13.4. The van der Waals surface area contributed by atoms with Gasteiger partial charge in [-0.05, 0) is 25.0 Å². The minimum Gasteiger partial charge on any atom is -0.355 e. The number of anilines is 1. The van der Waals surface area contributed by atoms with Gasteiger partial charge in [-0.15, -0.1) is 0 Å². The van der Waals surface area contributed by atoms with E-state index in [1.807, 2.05) is 0 Å². The molecule has 2 rings (SSSR count). The Labute approximate surface area is 107 Å². The van der Waals surface area contributed by atoms with Crippen LogP contribution >= 0.6 is 0 Å². The number of rotatable bonds is 2. The number of benzene rings is 1. The van der Waals surface area contributed by atoms with E-state index in [-0.39, 0.29) is 0 Å². The first-order valence-corrected chi connectivity index (χ1v) is 5.73. The van der Waals surface area contributed by atoms with E-state index < -0.39 is 40.9 Å². The Kier molecular flexibility index (Phi) is 3.73. The highest BCUT2D eigenvalue weighted by molar-refractivity contribution is 6.06. The molecule has 0 saturated carbocycles. The molecule has 1 heterocycles. The molecule has 2 N–H and O–H groups in total. The SMILES string of the molecule is O=C1NCCC[C@H]1C(=O)Nc1ccc(F)c(F)c1F. The monoisotopic (exact) mass is 272 g/mol. The van der Waals surface area contributed by atoms with Gasteiger partial charge in [-0.25, -0.2) is 13.2 Å². The van der Waals surface area contributed by atoms with Crippen molar-refractivity contribution in [1.82, 2.24) is 5.32 Å². The molecule has 2 amide bonds. The lowest BCUT2D eigenvalue weighted by molar-refractivity contribution is -0.134. The van der Waals surface area contributed by atoms with E-state index in [1.54, 1.807) is 0 Å². The average molecular weight is 272 g/mol. The summed E-state index contributed by atoms with van der Waals surface area (Å²) in [5.41, 5.74) is -0.484. The third kappa shape index (κ3) is 2.69. The van der Waals surface area contributed by atoms with Gasteiger partial charge in [0.25, 0.3) is 0 Å². The van der Waals surface area contributed by atoms with E-state index in [2.05, 4.69) is 10.6 Å². The summed E-state index contributed by atoms with van der Waals surface area (Å²) in [7, 11) is 0. The zero-order valence-corrected chi connectivity index (χ0v) is 9.80. The van der Waals surface area contributed by atoms with Crippen LogP contribution < -0.4 is 10.6 Å². The lowest BCUT2D eigenvalue weighted by Gasteiger charge is -2.21. The molecular weight excluding hydrogens is 261 g/mol. The first-order valence-electron chi connectivity index (χ1n) is 5.73. The minimum atomic E-state index is -1.66. The van der Waals surface area contributed by atoms with Crippen molar-refractivity contribution in [2.45, 2.75) is 12.8 Å². The van der Waals surface area contributed by atoms with Crippen LogP contribution in [-0.2, 0) is 9.59 Å². The van der Waals surface area contributed by atoms with Crippen LogP contribution in [0.2, 0.25) is 0 Å². The van der Waals surface area contributed by atoms with Crippen molar-refractivity contribution in [3.8, 4) is 0 Å². The number of halogens is 3. The van der Waals surface area contributed by atoms with Gasteiger partial charge < -0.3 is 10.6 Å². The van der Waals surface area contributed by atoms with Crippen molar-refractivity contribution in [3.05, 3.63) is 29.6 Å². The highest BCUT2D eigenvalue weighted by atomic mass is 19.2. The highest BCUT2D eigenvalue weighted by Crippen LogP contribution is 2.21. The van der Waals surface area contributed by atoms with Gasteiger partial charge in [-0.2, -0.15) is 0 Å². The fourth-order valence-electron chi connectivity index (χ4n) is 1.86. The van der Waals surface area contributed by atoms with Crippen LogP contribution in [-0.4, -0.2) is 18.4 Å². The molecule has 1 fully saturated rings. The summed E-state index contributed by atoms with van der Waals surface area (Å²) in [6.07, 6.45) is 0.965. The molecule has 1 saturated heterocycles. The number of carbonyl (C=O) groups is 2. The fourth-order valence-corrected chi connectivity index (χ4v) is 1.86. The summed E-state index contributed by atoms with van der Waals surface area (Å²) in [4.78, 5) is 23.2. The summed E-state index contributed by atoms with van der Waals surface area (Å²) in [6.45, 7) is 0.488. The van der Waals surface area contributed by atoms with Crippen molar-refractivity contribution < 1.29 is 22.8 Å². The zero-order chi connectivity index (χ0) is 14.0. The molecule has 4 nitrogen and oxygen atoms in total. The molecule has 102 valence electrons. The molecule has 0 spiro atoms. The molecule has 1 aromatic carbocycles. The smallest absolute Gasteiger partial charge is 0.237 e. The Hall–Kier alpha value is -2.05. The molecule has 19 heavy (non-hydrogen) atoms. The molecule has 0 aliphatic carbocycles. The molecule has 7 heteroatoms. The summed E-state index contributed by atoms with van der Waals surface area (Å²) >= 11 is 0. The largest absolute Gasteiger partial charge is 0.355 e. The molecular formula is C12H11F3N2O2. The number of hydrogen-bond donors (Lipinski definition) is 2. The second-order valence-electron chi connectivity index (χ2n) is 4.20. The van der Waals surface area contributed by atoms with Gasteiger partial charge >= 0.3 is 0 Å². The van der Waals surface area contributed by atoms with Crippen LogP contribution in [0.15, 0.2) is 12.1 Å². The van der Waals surface area contributed by atoms with E-state index in [9.17, 15) is 22.8 Å². The number of piperidine rings is 1. The molecule has 1 aromatic rings. The van der Waals surface area contributed by atoms with Crippen LogP contribution in [0.3, 0.4) is 0 Å². The van der Waals surface area contributed by atoms with Crippen molar-refractivity contribution >= 4 is 17.5 Å². The van der Waals surface area contributed by atoms with E-state index in [1.165, 1.54) is 0 Å². The quantitative estimate of drug-likeness (QED) is 0.634. The Morgan fingerprint density at radius 1 is 1.26 bits per heavy atom. The van der Waals surface area contributed by atoms with Gasteiger partial charge in [-0.1, -0.05) is 0 Å². The fraction of sp³-hybridized carbons (Fsp3) is 0.333. The number of nitrogens with one attached hydrogen (secondary N) is 2. The highest BCUT2D eigenvalue weighted by Gasteiger charge is 2.29. The van der Waals surface area contributed by atoms with Crippen LogP contribution in [0, 0.1) is 23.4 Å². The van der Waals surface area contributed by atoms with Crippen LogP contribution in [0.25, 0.3) is 0 Å². The van der Waals surface area contributed by atoms with Crippen LogP contribution in [0.5, 0.6) is 0 Å². The molecule has 1 atom stereocenters. The van der Waals surface area contributed by atoms with E-state index in [0.717, 1.165) is 6.07 Å². The predicted octanol–water partition coefficient (Wildman–Crippen LogP) is 1.57. The predicted molar refractivity (Wildman–Crippen MR) is 60.7 cm³/mol. The minimum absolute atomic E-state index is 0.336. The van der Waals surface area contributed by atoms with Crippen LogP contribution in [0.4, 0.5) is 18.9 Å². The second kappa shape index (κ2) is 5.29. The molecule has 0 unspecified atom stereocenters. The Morgan fingerprint density at radius 3 is 2.68 bits per heavy atom. The van der Waals surface area contributed by atoms with E-state index in [0.29, 0.717) is 25.5 Å². The Balaban J connectivity index is 2.15. The molecule has 1 aliphatic heterocycles. The molecule has 0 aromatic heterocycles. The molecule has 0 bridgehead atoms. The third-order valence-corrected chi connectivity index (χ3v) is 2.89. The lowest BCUT2D eigenvalue weighted by Crippen LogP contribution is -2.42. The van der Waals surface area contributed by atoms with Crippen molar-refractivity contribution in [1.29, 1.82) is 0 Å². The molecule has 1 aliphatic rings. The first-order chi connectivity index (χ1) is 9.00. The topological polar surface area (TPSA) is 58.2 Å². The normalized spacial score (nSPS) is 18.9. The summed E-state index contributed by atoms with van der Waals surface area (Å²) in [5, 5.41) is 4.60. The van der Waals surface area contributed by atoms with E-state index >= 15 is 0 Å². The van der Waals surface area contributed by atoms with Gasteiger partial charge in [0.15, 0.2) is 17.5 Å². The average Bonchev–Trinajstić information content (AvgIpc) is 2.40. The van der Waals surface area contributed by atoms with Crippen molar-refractivity contribution in [2.24, 2.45) is 5.92 Å². The Bertz CT molecular complexity index is 534. The maximum atomic E-state index is 13.4. The van der Waals surface area contributed by atoms with Gasteiger partial charge in [-0.3, -0.25) is 9.59 Å². The Morgan fingerprint density at radius 2 is 2.00 bits per heavy atom. The molecule has 0 radical (unpaired) electrons. The maximum Gasteiger partial charge on any atom is 0.237 e. The van der Waals surface area contributed by atoms with Crippen molar-refractivity contribution in [3.63, 3.8) is 0 Å². The maximum absolute atomic E-state index is 13.4. The summed E-state index contributed by atoms with van der Waals surface area (Å²) in [6, 6.07) is 1.61. The second-order valence-corrected chi connectivity index (χ2v) is 4.20. The van der Waals surface area contributed by atoms with Crippen LogP contribution in [0.1, 0.15) is 12.8 Å². The van der Waals surface area contributed by atoms with Gasteiger partial charge in [0.05, 0.1) is 5.69 Å². The standard InChI is InChI=1S/C12H11F3N2O2/c13-7-3-4-8(10(15)9(7)14)17-12(19)6-2-1-5-16-11(6)18/h3-4,6H,1-2,5H2,(H,16,18)(H,17,19)/t6-/m1/s1. The van der Waals surface area contributed by atoms with Gasteiger partial charge in [0.2, 0.25) is 11.8 Å². The van der Waals surface area contributed by atoms with Gasteiger partial charge in [0.1, 0.15) is 5.92 Å². The zero-order valence-electron chi connectivity index (χ0n) is 9.80. The number of hydrogen-bond acceptors (Lipinski definition) is 2. The summed E-state index contributed by atoms with van der Waals surface area (Å²) < 4.78 is 39.1.